The predicted octanol–water partition coefficient (Wildman–Crippen LogP) is 3.67. The Balaban J connectivity index is 1.43. The summed E-state index contributed by atoms with van der Waals surface area (Å²) in [5.41, 5.74) is 1.93. The average Bonchev–Trinajstić information content (AvgIpc) is 3.23. The molecule has 1 aliphatic heterocycles. The summed E-state index contributed by atoms with van der Waals surface area (Å²) >= 11 is 1.31. The van der Waals surface area contributed by atoms with Crippen LogP contribution >= 0.6 is 11.3 Å². The Morgan fingerprint density at radius 1 is 1.08 bits per heavy atom. The monoisotopic (exact) mass is 533 g/mol. The van der Waals surface area contributed by atoms with Gasteiger partial charge in [0.05, 0.1) is 21.7 Å². The van der Waals surface area contributed by atoms with E-state index < -0.39 is 15.9 Å². The maximum absolute atomic E-state index is 13.0. The number of carbonyl (C=O) groups excluding carboxylic acids is 1. The topological polar surface area (TPSA) is 90.2 Å². The van der Waals surface area contributed by atoms with Crippen molar-refractivity contribution >= 4 is 37.5 Å². The molecule has 0 spiro atoms. The molecule has 188 valence electrons. The maximum Gasteiger partial charge on any atom is 0.279 e. The van der Waals surface area contributed by atoms with E-state index >= 15 is 0 Å². The first-order chi connectivity index (χ1) is 17.9. The lowest BCUT2D eigenvalue weighted by atomic mass is 10.2. The minimum Gasteiger partial charge on any atom is -0.486 e. The Morgan fingerprint density at radius 2 is 1.76 bits per heavy atom. The van der Waals surface area contributed by atoms with E-state index in [1.165, 1.54) is 47.0 Å². The molecule has 37 heavy (non-hydrogen) atoms. The highest BCUT2D eigenvalue weighted by atomic mass is 32.2. The Kier molecular flexibility index (Phi) is 6.84. The molecule has 8 nitrogen and oxygen atoms in total. The third-order valence-corrected chi connectivity index (χ3v) is 8.71. The zero-order valence-corrected chi connectivity index (χ0v) is 21.6. The second-order valence-corrected chi connectivity index (χ2v) is 11.4. The highest BCUT2D eigenvalue weighted by Gasteiger charge is 2.22. The van der Waals surface area contributed by atoms with Gasteiger partial charge in [0.15, 0.2) is 16.3 Å². The lowest BCUT2D eigenvalue weighted by molar-refractivity contribution is 0.0998. The van der Waals surface area contributed by atoms with Crippen molar-refractivity contribution in [1.29, 1.82) is 0 Å². The van der Waals surface area contributed by atoms with Gasteiger partial charge in [0.1, 0.15) is 13.2 Å². The van der Waals surface area contributed by atoms with Crippen LogP contribution in [0.25, 0.3) is 10.2 Å². The Morgan fingerprint density at radius 3 is 2.43 bits per heavy atom. The fourth-order valence-corrected chi connectivity index (χ4v) is 6.16. The standard InChI is InChI=1S/C27H23N3O5S2/c1-3-13-30-22-16-23-24(35-15-14-34-23)17-25(22)36-27(30)28-26(31)20-9-11-21(12-10-20)37(32,33)29(2)18-19-7-5-4-6-8-19/h1,4-12,16-17H,13-15,18H2,2H3. The number of amides is 1. The molecule has 3 aromatic carbocycles. The second kappa shape index (κ2) is 10.2. The van der Waals surface area contributed by atoms with Crippen LogP contribution in [0.3, 0.4) is 0 Å². The number of rotatable bonds is 6. The van der Waals surface area contributed by atoms with Gasteiger partial charge in [-0.15, -0.1) is 6.42 Å². The van der Waals surface area contributed by atoms with Crippen LogP contribution < -0.4 is 14.3 Å². The Bertz CT molecular complexity index is 1680. The van der Waals surface area contributed by atoms with Gasteiger partial charge in [0.25, 0.3) is 5.91 Å². The van der Waals surface area contributed by atoms with Gasteiger partial charge in [-0.1, -0.05) is 47.6 Å². The molecular formula is C27H23N3O5S2. The van der Waals surface area contributed by atoms with Gasteiger partial charge in [0, 0.05) is 31.3 Å². The molecule has 5 rings (SSSR count). The lowest BCUT2D eigenvalue weighted by Crippen LogP contribution is -2.26. The number of nitrogens with zero attached hydrogens (tertiary/aromatic N) is 3. The molecule has 0 N–H and O–H groups in total. The molecule has 0 aliphatic carbocycles. The van der Waals surface area contributed by atoms with Crippen molar-refractivity contribution in [3.8, 4) is 23.8 Å². The molecule has 0 atom stereocenters. The molecule has 10 heteroatoms. The van der Waals surface area contributed by atoms with Crippen molar-refractivity contribution in [2.45, 2.75) is 18.0 Å². The molecule has 1 aromatic heterocycles. The molecule has 0 saturated carbocycles. The quantitative estimate of drug-likeness (QED) is 0.353. The summed E-state index contributed by atoms with van der Waals surface area (Å²) in [6.45, 7) is 1.38. The van der Waals surface area contributed by atoms with Gasteiger partial charge in [-0.05, 0) is 29.8 Å². The summed E-state index contributed by atoms with van der Waals surface area (Å²) in [4.78, 5) is 17.8. The van der Waals surface area contributed by atoms with Crippen LogP contribution in [0.4, 0.5) is 0 Å². The van der Waals surface area contributed by atoms with Crippen LogP contribution in [-0.2, 0) is 23.1 Å². The van der Waals surface area contributed by atoms with Crippen molar-refractivity contribution < 1.29 is 22.7 Å². The summed E-state index contributed by atoms with van der Waals surface area (Å²) in [6.07, 6.45) is 5.58. The van der Waals surface area contributed by atoms with E-state index in [0.29, 0.717) is 29.5 Å². The third kappa shape index (κ3) is 5.02. The number of benzene rings is 3. The van der Waals surface area contributed by atoms with Gasteiger partial charge < -0.3 is 14.0 Å². The number of carbonyl (C=O) groups is 1. The summed E-state index contributed by atoms with van der Waals surface area (Å²) < 4.78 is 41.3. The Labute approximate surface area is 218 Å². The fraction of sp³-hybridized carbons (Fsp3) is 0.185. The first-order valence-electron chi connectivity index (χ1n) is 11.4. The lowest BCUT2D eigenvalue weighted by Gasteiger charge is -2.18. The number of terminal acetylenes is 1. The van der Waals surface area contributed by atoms with Crippen molar-refractivity contribution in [1.82, 2.24) is 8.87 Å². The molecule has 4 aromatic rings. The molecule has 0 bridgehead atoms. The van der Waals surface area contributed by atoms with E-state index in [0.717, 1.165) is 15.8 Å². The SMILES string of the molecule is C#CCn1c(=NC(=O)c2ccc(S(=O)(=O)N(C)Cc3ccccc3)cc2)sc2cc3c(cc21)OCCO3. The van der Waals surface area contributed by atoms with E-state index in [9.17, 15) is 13.2 Å². The summed E-state index contributed by atoms with van der Waals surface area (Å²) in [6, 6.07) is 18.8. The number of aromatic nitrogens is 1. The third-order valence-electron chi connectivity index (χ3n) is 5.85. The number of sulfonamides is 1. The number of hydrogen-bond acceptors (Lipinski definition) is 6. The van der Waals surface area contributed by atoms with Gasteiger partial charge in [0.2, 0.25) is 10.0 Å². The van der Waals surface area contributed by atoms with Gasteiger partial charge in [-0.25, -0.2) is 8.42 Å². The molecule has 0 saturated heterocycles. The zero-order chi connectivity index (χ0) is 26.0. The molecule has 2 heterocycles. The van der Waals surface area contributed by atoms with E-state index in [-0.39, 0.29) is 23.5 Å². The van der Waals surface area contributed by atoms with E-state index in [2.05, 4.69) is 10.9 Å². The number of ether oxygens (including phenoxy) is 2. The van der Waals surface area contributed by atoms with Gasteiger partial charge >= 0.3 is 0 Å². The van der Waals surface area contributed by atoms with Crippen molar-refractivity contribution in [3.05, 3.63) is 82.7 Å². The van der Waals surface area contributed by atoms with E-state index in [1.54, 1.807) is 4.57 Å². The van der Waals surface area contributed by atoms with E-state index in [1.807, 2.05) is 42.5 Å². The van der Waals surface area contributed by atoms with Crippen LogP contribution in [-0.4, -0.2) is 43.5 Å². The van der Waals surface area contributed by atoms with Crippen LogP contribution in [0.2, 0.25) is 0 Å². The summed E-state index contributed by atoms with van der Waals surface area (Å²) in [5, 5.41) is 0. The highest BCUT2D eigenvalue weighted by Crippen LogP contribution is 2.35. The molecule has 0 fully saturated rings. The summed E-state index contributed by atoms with van der Waals surface area (Å²) in [7, 11) is -2.21. The molecular weight excluding hydrogens is 510 g/mol. The smallest absolute Gasteiger partial charge is 0.279 e. The number of hydrogen-bond donors (Lipinski definition) is 0. The van der Waals surface area contributed by atoms with Crippen molar-refractivity contribution in [3.63, 3.8) is 0 Å². The Hall–Kier alpha value is -3.91. The molecule has 1 amide bonds. The van der Waals surface area contributed by atoms with Gasteiger partial charge in [-0.2, -0.15) is 9.30 Å². The normalized spacial score (nSPS) is 13.6. The average molecular weight is 534 g/mol. The van der Waals surface area contributed by atoms with Crippen LogP contribution in [0.5, 0.6) is 11.5 Å². The first-order valence-corrected chi connectivity index (χ1v) is 13.7. The zero-order valence-electron chi connectivity index (χ0n) is 20.0. The van der Waals surface area contributed by atoms with E-state index in [4.69, 9.17) is 15.9 Å². The fourth-order valence-electron chi connectivity index (χ4n) is 3.96. The first kappa shape index (κ1) is 24.8. The van der Waals surface area contributed by atoms with Gasteiger partial charge in [-0.3, -0.25) is 4.79 Å². The second-order valence-electron chi connectivity index (χ2n) is 8.33. The molecule has 0 radical (unpaired) electrons. The minimum atomic E-state index is -3.73. The molecule has 0 unspecified atom stereocenters. The van der Waals surface area contributed by atoms with Crippen LogP contribution in [0.1, 0.15) is 15.9 Å². The van der Waals surface area contributed by atoms with Crippen molar-refractivity contribution in [2.75, 3.05) is 20.3 Å². The summed E-state index contributed by atoms with van der Waals surface area (Å²) in [5.74, 6) is 3.36. The maximum atomic E-state index is 13.0. The van der Waals surface area contributed by atoms with Crippen LogP contribution in [0, 0.1) is 12.3 Å². The predicted molar refractivity (Wildman–Crippen MR) is 141 cm³/mol. The van der Waals surface area contributed by atoms with Crippen molar-refractivity contribution in [2.24, 2.45) is 4.99 Å². The minimum absolute atomic E-state index is 0.0947. The number of fused-ring (bicyclic) bond motifs is 2. The number of thiazole rings is 1. The molecule has 1 aliphatic rings. The largest absolute Gasteiger partial charge is 0.486 e. The highest BCUT2D eigenvalue weighted by molar-refractivity contribution is 7.89. The van der Waals surface area contributed by atoms with Crippen LogP contribution in [0.15, 0.2) is 76.6 Å².